The van der Waals surface area contributed by atoms with Gasteiger partial charge in [-0.25, -0.2) is 12.8 Å². The summed E-state index contributed by atoms with van der Waals surface area (Å²) >= 11 is 0. The van der Waals surface area contributed by atoms with E-state index < -0.39 is 34.3 Å². The molecule has 4 fully saturated rings. The molecule has 256 valence electrons. The van der Waals surface area contributed by atoms with E-state index in [0.29, 0.717) is 12.1 Å². The fraction of sp³-hybridized carbons (Fsp3) is 0.487. The molecular formula is C39H48FN3O4S. The second-order valence-corrected chi connectivity index (χ2v) is 16.6. The van der Waals surface area contributed by atoms with Crippen LogP contribution in [0.5, 0.6) is 0 Å². The first-order chi connectivity index (χ1) is 22.9. The van der Waals surface area contributed by atoms with Gasteiger partial charge in [0, 0.05) is 24.6 Å². The average Bonchev–Trinajstić information content (AvgIpc) is 3.05. The van der Waals surface area contributed by atoms with Crippen LogP contribution >= 0.6 is 0 Å². The summed E-state index contributed by atoms with van der Waals surface area (Å²) in [4.78, 5) is 29.6. The molecule has 9 heteroatoms. The zero-order chi connectivity index (χ0) is 34.1. The predicted octanol–water partition coefficient (Wildman–Crippen LogP) is 6.61. The van der Waals surface area contributed by atoms with Crippen LogP contribution in [0.2, 0.25) is 0 Å². The lowest BCUT2D eigenvalue weighted by atomic mass is 9.48. The van der Waals surface area contributed by atoms with Crippen LogP contribution in [-0.2, 0) is 38.0 Å². The van der Waals surface area contributed by atoms with Crippen molar-refractivity contribution in [2.24, 2.45) is 17.8 Å². The van der Waals surface area contributed by atoms with Crippen LogP contribution < -0.4 is 9.62 Å². The summed E-state index contributed by atoms with van der Waals surface area (Å²) in [6.07, 6.45) is 9.55. The Morgan fingerprint density at radius 3 is 2.04 bits per heavy atom. The lowest BCUT2D eigenvalue weighted by molar-refractivity contribution is -0.140. The molecule has 4 bridgehead atoms. The molecule has 0 radical (unpaired) electrons. The molecule has 4 aliphatic carbocycles. The molecule has 2 atom stereocenters. The summed E-state index contributed by atoms with van der Waals surface area (Å²) in [7, 11) is -3.90. The van der Waals surface area contributed by atoms with Gasteiger partial charge in [-0.2, -0.15) is 0 Å². The molecule has 4 aliphatic rings. The van der Waals surface area contributed by atoms with Crippen molar-refractivity contribution in [2.45, 2.75) is 89.3 Å². The highest BCUT2D eigenvalue weighted by Gasteiger charge is 2.51. The Hall–Kier alpha value is -3.72. The van der Waals surface area contributed by atoms with Crippen molar-refractivity contribution in [3.8, 4) is 0 Å². The average molecular weight is 674 g/mol. The van der Waals surface area contributed by atoms with Gasteiger partial charge in [-0.05, 0) is 104 Å². The maximum Gasteiger partial charge on any atom is 0.244 e. The summed E-state index contributed by atoms with van der Waals surface area (Å²) in [5, 5.41) is 3.00. The number of hydrogen-bond donors (Lipinski definition) is 1. The minimum Gasteiger partial charge on any atom is -0.352 e. The highest BCUT2D eigenvalue weighted by Crippen LogP contribution is 2.60. The van der Waals surface area contributed by atoms with Gasteiger partial charge >= 0.3 is 0 Å². The number of amides is 2. The fourth-order valence-electron chi connectivity index (χ4n) is 8.86. The molecule has 3 aromatic rings. The lowest BCUT2D eigenvalue weighted by Gasteiger charge is -2.57. The minimum atomic E-state index is -3.90. The van der Waals surface area contributed by atoms with Crippen molar-refractivity contribution in [1.29, 1.82) is 0 Å². The number of carbonyl (C=O) groups excluding carboxylic acids is 2. The molecule has 48 heavy (non-hydrogen) atoms. The van der Waals surface area contributed by atoms with E-state index in [0.717, 1.165) is 33.9 Å². The third kappa shape index (κ3) is 7.46. The number of benzene rings is 3. The van der Waals surface area contributed by atoms with Crippen molar-refractivity contribution in [3.05, 3.63) is 101 Å². The molecule has 7 nitrogen and oxygen atoms in total. The molecule has 2 unspecified atom stereocenters. The number of nitrogens with one attached hydrogen (secondary N) is 1. The molecule has 1 N–H and O–H groups in total. The summed E-state index contributed by atoms with van der Waals surface area (Å²) in [5.74, 6) is 0.877. The minimum absolute atomic E-state index is 0.152. The van der Waals surface area contributed by atoms with E-state index in [2.05, 4.69) is 17.4 Å². The van der Waals surface area contributed by atoms with Gasteiger partial charge < -0.3 is 10.2 Å². The highest BCUT2D eigenvalue weighted by atomic mass is 32.2. The van der Waals surface area contributed by atoms with Crippen molar-refractivity contribution < 1.29 is 22.4 Å². The third-order valence-electron chi connectivity index (χ3n) is 11.1. The maximum absolute atomic E-state index is 15.0. The van der Waals surface area contributed by atoms with Crippen LogP contribution in [-0.4, -0.2) is 50.0 Å². The number of nitrogens with zero attached hydrogens (tertiary/aromatic N) is 2. The van der Waals surface area contributed by atoms with E-state index >= 15 is 4.39 Å². The van der Waals surface area contributed by atoms with E-state index in [4.69, 9.17) is 0 Å². The van der Waals surface area contributed by atoms with Crippen LogP contribution in [0.25, 0.3) is 0 Å². The molecule has 0 aliphatic heterocycles. The molecule has 3 aromatic carbocycles. The normalized spacial score (nSPS) is 24.1. The molecule has 0 saturated heterocycles. The van der Waals surface area contributed by atoms with Crippen molar-refractivity contribution in [2.75, 3.05) is 17.1 Å². The Bertz CT molecular complexity index is 1680. The van der Waals surface area contributed by atoms with E-state index in [-0.39, 0.29) is 35.9 Å². The predicted molar refractivity (Wildman–Crippen MR) is 187 cm³/mol. The van der Waals surface area contributed by atoms with Crippen molar-refractivity contribution in [3.63, 3.8) is 0 Å². The largest absolute Gasteiger partial charge is 0.352 e. The Balaban J connectivity index is 1.31. The van der Waals surface area contributed by atoms with Crippen LogP contribution in [0.4, 0.5) is 10.1 Å². The molecular weight excluding hydrogens is 626 g/mol. The second-order valence-electron chi connectivity index (χ2n) is 14.7. The van der Waals surface area contributed by atoms with Gasteiger partial charge in [-0.15, -0.1) is 0 Å². The SMILES string of the molecule is CCC(C)NC(=O)C(Cc1ccccc1)N(Cc1ccccc1F)C(=O)CN(c1ccc(C23CC4CC(CC(C4)C2)C3)cc1)S(C)(=O)=O. The van der Waals surface area contributed by atoms with Gasteiger partial charge in [-0.1, -0.05) is 67.6 Å². The lowest BCUT2D eigenvalue weighted by Crippen LogP contribution is -2.54. The monoisotopic (exact) mass is 673 g/mol. The van der Waals surface area contributed by atoms with Gasteiger partial charge in [0.1, 0.15) is 18.4 Å². The van der Waals surface area contributed by atoms with E-state index in [9.17, 15) is 18.0 Å². The summed E-state index contributed by atoms with van der Waals surface area (Å²) < 4.78 is 42.8. The third-order valence-corrected chi connectivity index (χ3v) is 12.2. The molecule has 0 aromatic heterocycles. The maximum atomic E-state index is 15.0. The summed E-state index contributed by atoms with van der Waals surface area (Å²) in [6, 6.07) is 22.1. The van der Waals surface area contributed by atoms with Crippen LogP contribution in [0.3, 0.4) is 0 Å². The second kappa shape index (κ2) is 14.0. The Kier molecular flexibility index (Phi) is 9.98. The van der Waals surface area contributed by atoms with Crippen LogP contribution in [0.1, 0.15) is 75.5 Å². The topological polar surface area (TPSA) is 86.8 Å². The first kappa shape index (κ1) is 34.2. The number of anilines is 1. The smallest absolute Gasteiger partial charge is 0.244 e. The van der Waals surface area contributed by atoms with Crippen molar-refractivity contribution >= 4 is 27.5 Å². The van der Waals surface area contributed by atoms with Gasteiger partial charge in [0.2, 0.25) is 21.8 Å². The standard InChI is InChI=1S/C39H48FN3O4S/c1-4-27(2)41-38(45)36(21-28-10-6-5-7-11-28)42(25-32-12-8-9-13-35(32)40)37(44)26-43(48(3,46)47)34-16-14-33(15-17-34)39-22-29-18-30(23-39)20-31(19-29)24-39/h5-17,27,29-31,36H,4,18-26H2,1-3H3,(H,41,45). The Morgan fingerprint density at radius 1 is 0.896 bits per heavy atom. The molecule has 0 heterocycles. The number of sulfonamides is 1. The fourth-order valence-corrected chi connectivity index (χ4v) is 9.71. The zero-order valence-electron chi connectivity index (χ0n) is 28.3. The first-order valence-corrected chi connectivity index (χ1v) is 19.2. The summed E-state index contributed by atoms with van der Waals surface area (Å²) in [5.41, 5.74) is 2.88. The van der Waals surface area contributed by atoms with Crippen LogP contribution in [0, 0.1) is 23.6 Å². The van der Waals surface area contributed by atoms with Gasteiger partial charge in [0.15, 0.2) is 0 Å². The summed E-state index contributed by atoms with van der Waals surface area (Å²) in [6.45, 7) is 3.13. The number of rotatable bonds is 13. The van der Waals surface area contributed by atoms with Gasteiger partial charge in [0.25, 0.3) is 0 Å². The van der Waals surface area contributed by atoms with Crippen LogP contribution in [0.15, 0.2) is 78.9 Å². The number of hydrogen-bond acceptors (Lipinski definition) is 4. The van der Waals surface area contributed by atoms with E-state index in [1.807, 2.05) is 56.3 Å². The molecule has 7 rings (SSSR count). The van der Waals surface area contributed by atoms with Gasteiger partial charge in [-0.3, -0.25) is 13.9 Å². The Labute approximate surface area is 285 Å². The first-order valence-electron chi connectivity index (χ1n) is 17.4. The van der Waals surface area contributed by atoms with Crippen molar-refractivity contribution in [1.82, 2.24) is 10.2 Å². The number of halogens is 1. The Morgan fingerprint density at radius 2 is 1.48 bits per heavy atom. The highest BCUT2D eigenvalue weighted by molar-refractivity contribution is 7.92. The molecule has 4 saturated carbocycles. The molecule has 2 amide bonds. The van der Waals surface area contributed by atoms with E-state index in [1.165, 1.54) is 55.1 Å². The van der Waals surface area contributed by atoms with E-state index in [1.54, 1.807) is 18.2 Å². The quantitative estimate of drug-likeness (QED) is 0.221. The zero-order valence-corrected chi connectivity index (χ0v) is 29.1. The van der Waals surface area contributed by atoms with Gasteiger partial charge in [0.05, 0.1) is 11.9 Å². The molecule has 0 spiro atoms. The number of carbonyl (C=O) groups is 2.